The van der Waals surface area contributed by atoms with Crippen LogP contribution in [0.2, 0.25) is 0 Å². The van der Waals surface area contributed by atoms with Crippen LogP contribution in [0.4, 0.5) is 0 Å². The van der Waals surface area contributed by atoms with E-state index in [0.717, 1.165) is 130 Å². The zero-order valence-corrected chi connectivity index (χ0v) is 36.2. The van der Waals surface area contributed by atoms with E-state index in [1.807, 2.05) is 24.8 Å². The largest absolute Gasteiger partial charge is 0.340 e. The van der Waals surface area contributed by atoms with Gasteiger partial charge in [0, 0.05) is 115 Å². The lowest BCUT2D eigenvalue weighted by molar-refractivity contribution is -0.139. The van der Waals surface area contributed by atoms with E-state index in [2.05, 4.69) is 137 Å². The molecule has 0 atom stereocenters. The highest BCUT2D eigenvalue weighted by Gasteiger charge is 2.32. The van der Waals surface area contributed by atoms with Gasteiger partial charge in [-0.05, 0) is 116 Å². The lowest BCUT2D eigenvalue weighted by atomic mass is 9.94. The van der Waals surface area contributed by atoms with Gasteiger partial charge in [-0.15, -0.1) is 0 Å². The third kappa shape index (κ3) is 11.9. The molecule has 10 heteroatoms. The van der Waals surface area contributed by atoms with Gasteiger partial charge >= 0.3 is 0 Å². The van der Waals surface area contributed by atoms with E-state index in [1.54, 1.807) is 0 Å². The fourth-order valence-corrected chi connectivity index (χ4v) is 9.68. The molecule has 4 aliphatic heterocycles. The van der Waals surface area contributed by atoms with Crippen LogP contribution in [-0.2, 0) is 35.8 Å². The Morgan fingerprint density at radius 2 is 0.918 bits per heavy atom. The number of benzene rings is 3. The van der Waals surface area contributed by atoms with Crippen LogP contribution in [-0.4, -0.2) is 130 Å². The van der Waals surface area contributed by atoms with Crippen molar-refractivity contribution in [3.63, 3.8) is 0 Å². The monoisotopic (exact) mass is 821 g/mol. The number of nitrogens with zero attached hydrogens (tertiary/aromatic N) is 8. The molecule has 61 heavy (non-hydrogen) atoms. The van der Waals surface area contributed by atoms with Crippen LogP contribution in [0.25, 0.3) is 10.8 Å². The maximum absolute atomic E-state index is 13.1. The Morgan fingerprint density at radius 3 is 1.44 bits per heavy atom. The summed E-state index contributed by atoms with van der Waals surface area (Å²) in [5.41, 5.74) is 6.66. The van der Waals surface area contributed by atoms with Gasteiger partial charge in [0.1, 0.15) is 0 Å². The van der Waals surface area contributed by atoms with E-state index in [9.17, 15) is 9.59 Å². The molecule has 9 rings (SSSR count). The van der Waals surface area contributed by atoms with Gasteiger partial charge in [0.05, 0.1) is 0 Å². The van der Waals surface area contributed by atoms with Crippen LogP contribution in [0.15, 0.2) is 116 Å². The van der Waals surface area contributed by atoms with Gasteiger partial charge in [0.2, 0.25) is 11.8 Å². The normalized spacial score (nSPS) is 19.1. The predicted molar refractivity (Wildman–Crippen MR) is 243 cm³/mol. The molecule has 4 fully saturated rings. The van der Waals surface area contributed by atoms with Crippen molar-refractivity contribution in [2.75, 3.05) is 78.5 Å². The summed E-state index contributed by atoms with van der Waals surface area (Å²) in [6, 6.07) is 32.2. The second-order valence-electron chi connectivity index (χ2n) is 17.6. The van der Waals surface area contributed by atoms with E-state index in [4.69, 9.17) is 0 Å². The molecule has 0 N–H and O–H groups in total. The fraction of sp³-hybridized carbons (Fsp3) is 0.451. The first-order valence-corrected chi connectivity index (χ1v) is 22.7. The van der Waals surface area contributed by atoms with Gasteiger partial charge in [0.25, 0.3) is 0 Å². The maximum atomic E-state index is 13.1. The molecule has 4 aliphatic rings. The van der Waals surface area contributed by atoms with E-state index in [1.165, 1.54) is 38.6 Å². The van der Waals surface area contributed by atoms with Crippen LogP contribution in [0.5, 0.6) is 0 Å². The van der Waals surface area contributed by atoms with Gasteiger partial charge in [-0.2, -0.15) is 0 Å². The number of piperazine rings is 2. The average Bonchev–Trinajstić information content (AvgIpc) is 3.31. The van der Waals surface area contributed by atoms with Gasteiger partial charge in [-0.3, -0.25) is 39.2 Å². The van der Waals surface area contributed by atoms with Crippen molar-refractivity contribution >= 4 is 22.6 Å². The highest BCUT2D eigenvalue weighted by molar-refractivity contribution is 5.85. The minimum Gasteiger partial charge on any atom is -0.340 e. The van der Waals surface area contributed by atoms with Crippen molar-refractivity contribution in [3.8, 4) is 0 Å². The molecule has 3 aromatic carbocycles. The summed E-state index contributed by atoms with van der Waals surface area (Å²) in [6.07, 6.45) is 11.3. The van der Waals surface area contributed by atoms with Crippen molar-refractivity contribution in [1.29, 1.82) is 0 Å². The van der Waals surface area contributed by atoms with Crippen LogP contribution < -0.4 is 0 Å². The second-order valence-corrected chi connectivity index (χ2v) is 17.6. The van der Waals surface area contributed by atoms with Crippen LogP contribution in [0.1, 0.15) is 53.5 Å². The summed E-state index contributed by atoms with van der Waals surface area (Å²) in [5.74, 6) is 1.14. The molecule has 2 aromatic heterocycles. The molecule has 10 nitrogen and oxygen atoms in total. The number of pyridine rings is 2. The number of fused-ring (bicyclic) bond motifs is 1. The topological polar surface area (TPSA) is 79.4 Å². The number of hydrogen-bond acceptors (Lipinski definition) is 8. The van der Waals surface area contributed by atoms with Crippen molar-refractivity contribution in [3.05, 3.63) is 144 Å². The lowest BCUT2D eigenvalue weighted by Gasteiger charge is -2.38. The van der Waals surface area contributed by atoms with Gasteiger partial charge in [-0.1, -0.05) is 72.3 Å². The highest BCUT2D eigenvalue weighted by atomic mass is 16.2. The molecule has 0 saturated carbocycles. The van der Waals surface area contributed by atoms with Crippen LogP contribution >= 0.6 is 0 Å². The molecular formula is C51H64N8O2. The fourth-order valence-electron chi connectivity index (χ4n) is 9.68. The molecular weight excluding hydrogens is 757 g/mol. The van der Waals surface area contributed by atoms with Crippen LogP contribution in [0.3, 0.4) is 0 Å². The van der Waals surface area contributed by atoms with Crippen molar-refractivity contribution in [2.45, 2.75) is 58.8 Å². The second kappa shape index (κ2) is 21.2. The number of aryl methyl sites for hydroxylation is 1. The summed E-state index contributed by atoms with van der Waals surface area (Å²) >= 11 is 0. The summed E-state index contributed by atoms with van der Waals surface area (Å²) in [4.78, 5) is 48.4. The summed E-state index contributed by atoms with van der Waals surface area (Å²) in [7, 11) is 0. The average molecular weight is 821 g/mol. The number of carbonyl (C=O) groups excluding carboxylic acids is 2. The number of hydrogen-bond donors (Lipinski definition) is 0. The third-order valence-electron chi connectivity index (χ3n) is 13.3. The van der Waals surface area contributed by atoms with E-state index in [-0.39, 0.29) is 11.8 Å². The first kappa shape index (κ1) is 42.7. The SMILES string of the molecule is Cc1cccc(CN2CCN(C(=O)C3CCN(Cc4ccncc4)CC3)CC2)c1.O=C(C1CCN(Cc2ccncc2)CC1)N1CCN(Cc2cccc3ccccc23)CC1. The highest BCUT2D eigenvalue weighted by Crippen LogP contribution is 2.25. The number of carbonyl (C=O) groups is 2. The first-order chi connectivity index (χ1) is 29.9. The molecule has 5 aromatic rings. The summed E-state index contributed by atoms with van der Waals surface area (Å²) in [5, 5.41) is 2.64. The summed E-state index contributed by atoms with van der Waals surface area (Å²) < 4.78 is 0. The van der Waals surface area contributed by atoms with Gasteiger partial charge < -0.3 is 9.80 Å². The number of piperidine rings is 2. The molecule has 0 spiro atoms. The molecule has 0 aliphatic carbocycles. The Bertz CT molecular complexity index is 2130. The molecule has 320 valence electrons. The predicted octanol–water partition coefficient (Wildman–Crippen LogP) is 6.74. The van der Waals surface area contributed by atoms with E-state index in [0.29, 0.717) is 11.8 Å². The Kier molecular flexibility index (Phi) is 14.8. The Morgan fingerprint density at radius 1 is 0.475 bits per heavy atom. The zero-order valence-electron chi connectivity index (χ0n) is 36.2. The molecule has 0 unspecified atom stereocenters. The Labute approximate surface area is 363 Å². The number of aromatic nitrogens is 2. The van der Waals surface area contributed by atoms with Gasteiger partial charge in [-0.25, -0.2) is 0 Å². The molecule has 0 radical (unpaired) electrons. The van der Waals surface area contributed by atoms with E-state index < -0.39 is 0 Å². The standard InChI is InChI=1S/C27H32N4O.C24H32N4O/c32-27(24-10-14-29(15-11-24)20-22-8-12-28-13-9-22)31-18-16-30(17-19-31)21-25-6-3-5-23-4-1-2-7-26(23)25;1-20-3-2-4-22(17-20)19-27-13-15-28(16-14-27)24(29)23-7-11-26(12-8-23)18-21-5-9-25-10-6-21/h1-9,12-13,24H,10-11,14-21H2;2-6,9-10,17,23H,7-8,11-16,18-19H2,1H3. The Hall–Kier alpha value is -5.00. The molecule has 2 amide bonds. The minimum atomic E-state index is 0.188. The van der Waals surface area contributed by atoms with Crippen molar-refractivity contribution in [2.24, 2.45) is 11.8 Å². The van der Waals surface area contributed by atoms with Crippen molar-refractivity contribution < 1.29 is 9.59 Å². The zero-order chi connectivity index (χ0) is 41.8. The van der Waals surface area contributed by atoms with Gasteiger partial charge in [0.15, 0.2) is 0 Å². The third-order valence-corrected chi connectivity index (χ3v) is 13.3. The smallest absolute Gasteiger partial charge is 0.225 e. The lowest BCUT2D eigenvalue weighted by Crippen LogP contribution is -2.51. The minimum absolute atomic E-state index is 0.188. The van der Waals surface area contributed by atoms with Crippen molar-refractivity contribution in [1.82, 2.24) is 39.4 Å². The molecule has 4 saturated heterocycles. The quantitative estimate of drug-likeness (QED) is 0.154. The Balaban J connectivity index is 0.000000169. The maximum Gasteiger partial charge on any atom is 0.225 e. The molecule has 0 bridgehead atoms. The first-order valence-electron chi connectivity index (χ1n) is 22.7. The number of rotatable bonds is 10. The van der Waals surface area contributed by atoms with Crippen LogP contribution in [0, 0.1) is 18.8 Å². The molecule has 6 heterocycles. The summed E-state index contributed by atoms with van der Waals surface area (Å²) in [6.45, 7) is 17.3. The number of amides is 2. The number of likely N-dealkylation sites (tertiary alicyclic amines) is 2. The van der Waals surface area contributed by atoms with E-state index >= 15 is 0 Å².